The zero-order valence-corrected chi connectivity index (χ0v) is 14.9. The number of halogens is 4. The summed E-state index contributed by atoms with van der Waals surface area (Å²) in [6.07, 6.45) is 4.86. The Morgan fingerprint density at radius 1 is 1.26 bits per heavy atom. The number of hydrogen-bond acceptors (Lipinski definition) is 3. The Balaban J connectivity index is 1.80. The highest BCUT2D eigenvalue weighted by atomic mass is 19.3. The fraction of sp³-hybridized carbons (Fsp3) is 0.350. The maximum atomic E-state index is 15.0. The van der Waals surface area contributed by atoms with Crippen LogP contribution in [0.4, 0.5) is 17.6 Å². The van der Waals surface area contributed by atoms with Gasteiger partial charge in [0, 0.05) is 17.8 Å². The van der Waals surface area contributed by atoms with Crippen LogP contribution in [-0.2, 0) is 21.0 Å². The molecular weight excluding hydrogens is 362 g/mol. The zero-order valence-electron chi connectivity index (χ0n) is 14.9. The first-order chi connectivity index (χ1) is 12.8. The summed E-state index contributed by atoms with van der Waals surface area (Å²) >= 11 is 0. The van der Waals surface area contributed by atoms with E-state index in [2.05, 4.69) is 4.98 Å². The van der Waals surface area contributed by atoms with Crippen LogP contribution in [0.3, 0.4) is 0 Å². The molecule has 3 nitrogen and oxygen atoms in total. The lowest BCUT2D eigenvalue weighted by molar-refractivity contribution is -0.0901. The van der Waals surface area contributed by atoms with Crippen molar-refractivity contribution in [3.05, 3.63) is 71.1 Å². The van der Waals surface area contributed by atoms with Crippen molar-refractivity contribution >= 4 is 6.08 Å². The van der Waals surface area contributed by atoms with Crippen molar-refractivity contribution < 1.29 is 27.0 Å². The predicted molar refractivity (Wildman–Crippen MR) is 92.2 cm³/mol. The Labute approximate surface area is 154 Å². The fourth-order valence-electron chi connectivity index (χ4n) is 2.72. The first kappa shape index (κ1) is 19.5. The van der Waals surface area contributed by atoms with E-state index in [4.69, 9.17) is 9.47 Å². The number of benzene rings is 1. The molecular formula is C20H19F4NO2. The van der Waals surface area contributed by atoms with Crippen LogP contribution in [0, 0.1) is 11.6 Å². The van der Waals surface area contributed by atoms with E-state index in [0.29, 0.717) is 18.2 Å². The van der Waals surface area contributed by atoms with E-state index >= 15 is 8.78 Å². The number of alkyl halides is 2. The van der Waals surface area contributed by atoms with Gasteiger partial charge in [-0.2, -0.15) is 8.78 Å². The SMILES string of the molecule is CC(C)OC/C=C/c1ccc(C(F)(F)C2(c3ccc(F)cc3F)CO2)nc1. The van der Waals surface area contributed by atoms with Crippen molar-refractivity contribution in [2.45, 2.75) is 31.5 Å². The van der Waals surface area contributed by atoms with Gasteiger partial charge in [-0.1, -0.05) is 18.2 Å². The molecule has 0 aliphatic carbocycles. The molecule has 2 aromatic rings. The number of pyridine rings is 1. The molecule has 0 N–H and O–H groups in total. The topological polar surface area (TPSA) is 34.6 Å². The van der Waals surface area contributed by atoms with Crippen molar-refractivity contribution in [2.75, 3.05) is 13.2 Å². The van der Waals surface area contributed by atoms with E-state index in [0.717, 1.165) is 12.1 Å². The molecule has 1 aromatic heterocycles. The minimum atomic E-state index is -3.57. The van der Waals surface area contributed by atoms with Gasteiger partial charge in [0.25, 0.3) is 0 Å². The second kappa shape index (κ2) is 7.40. The van der Waals surface area contributed by atoms with Crippen LogP contribution in [-0.4, -0.2) is 24.3 Å². The van der Waals surface area contributed by atoms with Gasteiger partial charge in [-0.05, 0) is 37.6 Å². The number of rotatable bonds is 7. The van der Waals surface area contributed by atoms with Gasteiger partial charge in [0.05, 0.1) is 19.3 Å². The van der Waals surface area contributed by atoms with Gasteiger partial charge in [0.2, 0.25) is 0 Å². The summed E-state index contributed by atoms with van der Waals surface area (Å²) in [5, 5.41) is 0. The van der Waals surface area contributed by atoms with Gasteiger partial charge in [0.1, 0.15) is 17.3 Å². The molecule has 1 fully saturated rings. The molecule has 1 saturated heterocycles. The van der Waals surface area contributed by atoms with E-state index < -0.39 is 28.9 Å². The van der Waals surface area contributed by atoms with Crippen molar-refractivity contribution in [3.8, 4) is 0 Å². The van der Waals surface area contributed by atoms with Crippen LogP contribution >= 0.6 is 0 Å². The molecule has 1 atom stereocenters. The summed E-state index contributed by atoms with van der Waals surface area (Å²) < 4.78 is 67.5. The average Bonchev–Trinajstić information content (AvgIpc) is 3.41. The van der Waals surface area contributed by atoms with Gasteiger partial charge in [-0.25, -0.2) is 8.78 Å². The molecule has 27 heavy (non-hydrogen) atoms. The number of nitrogens with zero attached hydrogens (tertiary/aromatic N) is 1. The summed E-state index contributed by atoms with van der Waals surface area (Å²) in [7, 11) is 0. The Bertz CT molecular complexity index is 830. The summed E-state index contributed by atoms with van der Waals surface area (Å²) in [5.41, 5.74) is -2.47. The lowest BCUT2D eigenvalue weighted by Crippen LogP contribution is -2.34. The van der Waals surface area contributed by atoms with Crippen molar-refractivity contribution in [3.63, 3.8) is 0 Å². The largest absolute Gasteiger partial charge is 0.375 e. The molecule has 0 bridgehead atoms. The van der Waals surface area contributed by atoms with Crippen LogP contribution in [0.1, 0.15) is 30.7 Å². The average molecular weight is 381 g/mol. The Morgan fingerprint density at radius 2 is 2.00 bits per heavy atom. The summed E-state index contributed by atoms with van der Waals surface area (Å²) in [4.78, 5) is 3.82. The quantitative estimate of drug-likeness (QED) is 0.510. The van der Waals surface area contributed by atoms with E-state index in [-0.39, 0.29) is 18.3 Å². The minimum Gasteiger partial charge on any atom is -0.375 e. The molecule has 1 aliphatic rings. The molecule has 2 heterocycles. The van der Waals surface area contributed by atoms with Crippen LogP contribution in [0.25, 0.3) is 6.08 Å². The first-order valence-corrected chi connectivity index (χ1v) is 8.48. The number of ether oxygens (including phenoxy) is 2. The zero-order chi connectivity index (χ0) is 19.7. The number of epoxide rings is 1. The third-order valence-electron chi connectivity index (χ3n) is 4.25. The first-order valence-electron chi connectivity index (χ1n) is 8.48. The van der Waals surface area contributed by atoms with Gasteiger partial charge in [-0.15, -0.1) is 0 Å². The second-order valence-electron chi connectivity index (χ2n) is 6.58. The van der Waals surface area contributed by atoms with Gasteiger partial charge in [-0.3, -0.25) is 4.98 Å². The Hall–Kier alpha value is -2.25. The highest BCUT2D eigenvalue weighted by Gasteiger charge is 2.68. The van der Waals surface area contributed by atoms with E-state index in [9.17, 15) is 8.78 Å². The van der Waals surface area contributed by atoms with Crippen molar-refractivity contribution in [2.24, 2.45) is 0 Å². The van der Waals surface area contributed by atoms with Crippen molar-refractivity contribution in [1.82, 2.24) is 4.98 Å². The molecule has 0 radical (unpaired) electrons. The molecule has 1 unspecified atom stereocenters. The highest BCUT2D eigenvalue weighted by Crippen LogP contribution is 2.56. The van der Waals surface area contributed by atoms with Gasteiger partial charge < -0.3 is 9.47 Å². The third kappa shape index (κ3) is 3.89. The summed E-state index contributed by atoms with van der Waals surface area (Å²) in [6, 6.07) is 5.14. The Kier molecular flexibility index (Phi) is 5.35. The van der Waals surface area contributed by atoms with Crippen LogP contribution in [0.5, 0.6) is 0 Å². The smallest absolute Gasteiger partial charge is 0.324 e. The highest BCUT2D eigenvalue weighted by molar-refractivity contribution is 5.48. The normalized spacial score (nSPS) is 19.8. The number of hydrogen-bond donors (Lipinski definition) is 0. The molecule has 0 amide bonds. The summed E-state index contributed by atoms with van der Waals surface area (Å²) in [6.45, 7) is 3.84. The van der Waals surface area contributed by atoms with Gasteiger partial charge in [0.15, 0.2) is 5.60 Å². The number of aromatic nitrogens is 1. The Morgan fingerprint density at radius 3 is 2.56 bits per heavy atom. The molecule has 7 heteroatoms. The van der Waals surface area contributed by atoms with E-state index in [1.807, 2.05) is 13.8 Å². The minimum absolute atomic E-state index is 0.0930. The molecule has 1 aromatic carbocycles. The second-order valence-corrected chi connectivity index (χ2v) is 6.58. The monoisotopic (exact) mass is 381 g/mol. The molecule has 1 aliphatic heterocycles. The lowest BCUT2D eigenvalue weighted by atomic mass is 9.90. The van der Waals surface area contributed by atoms with E-state index in [1.54, 1.807) is 12.2 Å². The lowest BCUT2D eigenvalue weighted by Gasteiger charge is -2.24. The third-order valence-corrected chi connectivity index (χ3v) is 4.25. The molecule has 0 saturated carbocycles. The van der Waals surface area contributed by atoms with Gasteiger partial charge >= 0.3 is 5.92 Å². The molecule has 3 rings (SSSR count). The maximum absolute atomic E-state index is 15.0. The standard InChI is InChI=1S/C20H19F4NO2/c1-13(2)26-9-3-4-14-5-8-18(25-11-14)20(23,24)19(12-27-19)16-7-6-15(21)10-17(16)22/h3-8,10-11,13H,9,12H2,1-2H3/b4-3+. The van der Waals surface area contributed by atoms with Crippen LogP contribution in [0.15, 0.2) is 42.6 Å². The molecule has 144 valence electrons. The van der Waals surface area contributed by atoms with Crippen LogP contribution < -0.4 is 0 Å². The molecule has 0 spiro atoms. The van der Waals surface area contributed by atoms with E-state index in [1.165, 1.54) is 18.3 Å². The fourth-order valence-corrected chi connectivity index (χ4v) is 2.72. The maximum Gasteiger partial charge on any atom is 0.324 e. The predicted octanol–water partition coefficient (Wildman–Crippen LogP) is 4.82. The van der Waals surface area contributed by atoms with Crippen LogP contribution in [0.2, 0.25) is 0 Å². The summed E-state index contributed by atoms with van der Waals surface area (Å²) in [5.74, 6) is -5.49. The van der Waals surface area contributed by atoms with Crippen molar-refractivity contribution in [1.29, 1.82) is 0 Å².